The number of rotatable bonds is 5. The molecule has 0 amide bonds. The minimum atomic E-state index is -0.927. The van der Waals surface area contributed by atoms with E-state index in [1.807, 2.05) is 13.0 Å². The summed E-state index contributed by atoms with van der Waals surface area (Å²) in [6.07, 6.45) is 3.38. The number of nitrogens with zero attached hydrogens (tertiary/aromatic N) is 1. The topological polar surface area (TPSA) is 42.2 Å². The maximum Gasteiger partial charge on any atom is 0.328 e. The molecule has 4 rings (SSSR count). The molecule has 1 heterocycles. The van der Waals surface area contributed by atoms with Gasteiger partial charge in [0.1, 0.15) is 0 Å². The molecule has 3 nitrogen and oxygen atoms in total. The van der Waals surface area contributed by atoms with Gasteiger partial charge in [0.15, 0.2) is 0 Å². The van der Waals surface area contributed by atoms with Crippen molar-refractivity contribution in [2.45, 2.75) is 26.8 Å². The first kappa shape index (κ1) is 19.7. The number of fused-ring (bicyclic) bond motifs is 1. The van der Waals surface area contributed by atoms with Gasteiger partial charge in [-0.2, -0.15) is 0 Å². The van der Waals surface area contributed by atoms with E-state index in [4.69, 9.17) is 5.11 Å². The first-order valence-electron chi connectivity index (χ1n) is 10.1. The van der Waals surface area contributed by atoms with Crippen molar-refractivity contribution >= 4 is 22.4 Å². The number of hydrogen-bond donors (Lipinski definition) is 1. The van der Waals surface area contributed by atoms with Crippen LogP contribution in [-0.4, -0.2) is 15.6 Å². The number of allylic oxidation sites excluding steroid dienone is 1. The molecule has 0 aliphatic heterocycles. The SMILES string of the molecule is C/C(=C\C(=O)O)c1ccc2c(ccn2C(c2ccccc2C)c2ccccc2C)c1. The zero-order chi connectivity index (χ0) is 21.3. The van der Waals surface area contributed by atoms with Gasteiger partial charge in [0, 0.05) is 23.2 Å². The molecule has 0 saturated heterocycles. The highest BCUT2D eigenvalue weighted by Gasteiger charge is 2.21. The molecular weight excluding hydrogens is 370 g/mol. The van der Waals surface area contributed by atoms with Gasteiger partial charge >= 0.3 is 5.97 Å². The van der Waals surface area contributed by atoms with E-state index in [1.165, 1.54) is 28.3 Å². The third kappa shape index (κ3) is 3.67. The Morgan fingerprint density at radius 3 is 2.07 bits per heavy atom. The van der Waals surface area contributed by atoms with E-state index < -0.39 is 5.97 Å². The Balaban J connectivity index is 1.91. The Morgan fingerprint density at radius 2 is 1.50 bits per heavy atom. The summed E-state index contributed by atoms with van der Waals surface area (Å²) in [5.74, 6) is -0.927. The molecule has 30 heavy (non-hydrogen) atoms. The maximum absolute atomic E-state index is 11.0. The largest absolute Gasteiger partial charge is 0.478 e. The Morgan fingerprint density at radius 1 is 0.900 bits per heavy atom. The molecule has 3 aromatic carbocycles. The monoisotopic (exact) mass is 395 g/mol. The van der Waals surface area contributed by atoms with Crippen LogP contribution in [0.1, 0.15) is 40.8 Å². The van der Waals surface area contributed by atoms with Crippen LogP contribution >= 0.6 is 0 Å². The van der Waals surface area contributed by atoms with Crippen molar-refractivity contribution < 1.29 is 9.90 Å². The molecule has 0 spiro atoms. The minimum Gasteiger partial charge on any atom is -0.478 e. The third-order valence-electron chi connectivity index (χ3n) is 5.76. The van der Waals surface area contributed by atoms with E-state index in [-0.39, 0.29) is 6.04 Å². The van der Waals surface area contributed by atoms with Crippen LogP contribution in [0.2, 0.25) is 0 Å². The van der Waals surface area contributed by atoms with Gasteiger partial charge in [-0.25, -0.2) is 4.79 Å². The summed E-state index contributed by atoms with van der Waals surface area (Å²) >= 11 is 0. The number of aliphatic carboxylic acids is 1. The van der Waals surface area contributed by atoms with E-state index in [0.717, 1.165) is 22.0 Å². The molecule has 0 aliphatic rings. The van der Waals surface area contributed by atoms with E-state index in [1.54, 1.807) is 0 Å². The van der Waals surface area contributed by atoms with Crippen molar-refractivity contribution in [2.75, 3.05) is 0 Å². The molecule has 0 aliphatic carbocycles. The molecule has 4 aromatic rings. The lowest BCUT2D eigenvalue weighted by atomic mass is 9.92. The highest BCUT2D eigenvalue weighted by molar-refractivity contribution is 5.92. The molecule has 0 unspecified atom stereocenters. The first-order chi connectivity index (χ1) is 14.5. The van der Waals surface area contributed by atoms with Gasteiger partial charge in [-0.05, 0) is 72.4 Å². The lowest BCUT2D eigenvalue weighted by molar-refractivity contribution is -0.131. The number of aryl methyl sites for hydroxylation is 2. The van der Waals surface area contributed by atoms with Gasteiger partial charge in [0.05, 0.1) is 6.04 Å². The Hall–Kier alpha value is -3.59. The predicted molar refractivity (Wildman–Crippen MR) is 123 cm³/mol. The van der Waals surface area contributed by atoms with Gasteiger partial charge in [0.2, 0.25) is 0 Å². The normalized spacial score (nSPS) is 11.9. The molecule has 0 bridgehead atoms. The number of carbonyl (C=O) groups is 1. The number of hydrogen-bond acceptors (Lipinski definition) is 1. The molecule has 150 valence electrons. The molecule has 0 atom stereocenters. The summed E-state index contributed by atoms with van der Waals surface area (Å²) in [5, 5.41) is 10.2. The van der Waals surface area contributed by atoms with Gasteiger partial charge < -0.3 is 9.67 Å². The van der Waals surface area contributed by atoms with Crippen LogP contribution in [0.4, 0.5) is 0 Å². The van der Waals surface area contributed by atoms with Crippen molar-refractivity contribution in [3.05, 3.63) is 113 Å². The van der Waals surface area contributed by atoms with E-state index in [9.17, 15) is 4.79 Å². The van der Waals surface area contributed by atoms with Crippen LogP contribution < -0.4 is 0 Å². The summed E-state index contributed by atoms with van der Waals surface area (Å²) in [6, 6.07) is 25.4. The van der Waals surface area contributed by atoms with Crippen LogP contribution in [-0.2, 0) is 4.79 Å². The summed E-state index contributed by atoms with van der Waals surface area (Å²) in [5.41, 5.74) is 7.84. The zero-order valence-electron chi connectivity index (χ0n) is 17.5. The predicted octanol–water partition coefficient (Wildman–Crippen LogP) is 6.38. The van der Waals surface area contributed by atoms with E-state index >= 15 is 0 Å². The Kier molecular flexibility index (Phi) is 5.28. The smallest absolute Gasteiger partial charge is 0.328 e. The van der Waals surface area contributed by atoms with Crippen LogP contribution in [0, 0.1) is 13.8 Å². The number of carboxylic acids is 1. The molecule has 0 saturated carbocycles. The molecular formula is C27H25NO2. The second-order valence-corrected chi connectivity index (χ2v) is 7.78. The third-order valence-corrected chi connectivity index (χ3v) is 5.76. The minimum absolute atomic E-state index is 0.0615. The average Bonchev–Trinajstić information content (AvgIpc) is 3.13. The average molecular weight is 396 g/mol. The fourth-order valence-electron chi connectivity index (χ4n) is 4.16. The summed E-state index contributed by atoms with van der Waals surface area (Å²) in [7, 11) is 0. The van der Waals surface area contributed by atoms with Crippen molar-refractivity contribution in [3.8, 4) is 0 Å². The molecule has 0 radical (unpaired) electrons. The highest BCUT2D eigenvalue weighted by atomic mass is 16.4. The van der Waals surface area contributed by atoms with Crippen LogP contribution in [0.15, 0.2) is 85.1 Å². The van der Waals surface area contributed by atoms with Crippen molar-refractivity contribution in [1.82, 2.24) is 4.57 Å². The number of benzene rings is 3. The fraction of sp³-hybridized carbons (Fsp3) is 0.148. The molecule has 0 fully saturated rings. The standard InChI is InChI=1S/C27H25NO2/c1-18-8-4-6-10-23(18)27(24-11-7-5-9-19(24)2)28-15-14-22-17-21(12-13-25(22)28)20(3)16-26(29)30/h4-17,27H,1-3H3,(H,29,30)/b20-16+. The highest BCUT2D eigenvalue weighted by Crippen LogP contribution is 2.34. The summed E-state index contributed by atoms with van der Waals surface area (Å²) in [6.45, 7) is 6.14. The van der Waals surface area contributed by atoms with E-state index in [2.05, 4.69) is 91.3 Å². The Bertz CT molecular complexity index is 1220. The zero-order valence-corrected chi connectivity index (χ0v) is 17.5. The molecule has 1 N–H and O–H groups in total. The van der Waals surface area contributed by atoms with Gasteiger partial charge in [-0.15, -0.1) is 0 Å². The Labute approximate surface area is 176 Å². The summed E-state index contributed by atoms with van der Waals surface area (Å²) in [4.78, 5) is 11.0. The van der Waals surface area contributed by atoms with Crippen LogP contribution in [0.5, 0.6) is 0 Å². The van der Waals surface area contributed by atoms with Gasteiger partial charge in [-0.3, -0.25) is 0 Å². The van der Waals surface area contributed by atoms with E-state index in [0.29, 0.717) is 0 Å². The van der Waals surface area contributed by atoms with Gasteiger partial charge in [-0.1, -0.05) is 54.6 Å². The van der Waals surface area contributed by atoms with Crippen LogP contribution in [0.25, 0.3) is 16.5 Å². The summed E-state index contributed by atoms with van der Waals surface area (Å²) < 4.78 is 2.32. The number of carboxylic acid groups (broad SMARTS) is 1. The lowest BCUT2D eigenvalue weighted by Crippen LogP contribution is -2.14. The van der Waals surface area contributed by atoms with Crippen molar-refractivity contribution in [3.63, 3.8) is 0 Å². The van der Waals surface area contributed by atoms with Crippen molar-refractivity contribution in [2.24, 2.45) is 0 Å². The lowest BCUT2D eigenvalue weighted by Gasteiger charge is -2.25. The van der Waals surface area contributed by atoms with Crippen molar-refractivity contribution in [1.29, 1.82) is 0 Å². The first-order valence-corrected chi connectivity index (χ1v) is 10.1. The quantitative estimate of drug-likeness (QED) is 0.398. The second kappa shape index (κ2) is 8.03. The fourth-order valence-corrected chi connectivity index (χ4v) is 4.16. The number of aromatic nitrogens is 1. The maximum atomic E-state index is 11.0. The van der Waals surface area contributed by atoms with Crippen LogP contribution in [0.3, 0.4) is 0 Å². The molecule has 3 heteroatoms. The van der Waals surface area contributed by atoms with Gasteiger partial charge in [0.25, 0.3) is 0 Å². The molecule has 1 aromatic heterocycles. The second-order valence-electron chi connectivity index (χ2n) is 7.78.